The number of aromatic nitrogens is 3. The minimum Gasteiger partial charge on any atom is -0.297 e. The fourth-order valence-electron chi connectivity index (χ4n) is 2.14. The van der Waals surface area contributed by atoms with Crippen LogP contribution in [-0.2, 0) is 7.05 Å². The molecule has 2 rings (SSSR count). The molecule has 0 amide bonds. The van der Waals surface area contributed by atoms with Gasteiger partial charge in [-0.05, 0) is 32.1 Å². The summed E-state index contributed by atoms with van der Waals surface area (Å²) in [6.07, 6.45) is 4.96. The van der Waals surface area contributed by atoms with Gasteiger partial charge in [0, 0.05) is 18.8 Å². The fraction of sp³-hybridized carbons (Fsp3) is 0.769. The second-order valence-corrected chi connectivity index (χ2v) is 6.35. The summed E-state index contributed by atoms with van der Waals surface area (Å²) in [7, 11) is 1.70. The predicted octanol–water partition coefficient (Wildman–Crippen LogP) is 1.41. The lowest BCUT2D eigenvalue weighted by Gasteiger charge is -2.26. The zero-order chi connectivity index (χ0) is 14.6. The lowest BCUT2D eigenvalue weighted by molar-refractivity contribution is 0.367. The van der Waals surface area contributed by atoms with Crippen molar-refractivity contribution in [3.63, 3.8) is 0 Å². The molecule has 7 heteroatoms. The third kappa shape index (κ3) is 3.64. The standard InChI is InChI=1S/C13H21N5OS/c1-3-13(9-14,15-10-5-6-10)7-4-8-20-12-17-16-11(19)18(12)2/h10,15H,3-8H2,1-2H3,(H,16,19). The number of rotatable bonds is 8. The first-order valence-corrected chi connectivity index (χ1v) is 8.02. The molecule has 0 aliphatic heterocycles. The SMILES string of the molecule is CCC(C#N)(CCCSc1n[nH]c(=O)n1C)NC1CC1. The van der Waals surface area contributed by atoms with Crippen LogP contribution < -0.4 is 11.0 Å². The van der Waals surface area contributed by atoms with E-state index in [0.717, 1.165) is 25.0 Å². The molecule has 2 N–H and O–H groups in total. The van der Waals surface area contributed by atoms with Crippen molar-refractivity contribution < 1.29 is 0 Å². The molecule has 6 nitrogen and oxygen atoms in total. The van der Waals surface area contributed by atoms with Crippen LogP contribution in [-0.4, -0.2) is 32.1 Å². The molecule has 1 aliphatic rings. The van der Waals surface area contributed by atoms with E-state index >= 15 is 0 Å². The van der Waals surface area contributed by atoms with Crippen LogP contribution >= 0.6 is 11.8 Å². The van der Waals surface area contributed by atoms with Gasteiger partial charge in [0.05, 0.1) is 6.07 Å². The topological polar surface area (TPSA) is 86.5 Å². The number of hydrogen-bond acceptors (Lipinski definition) is 5. The van der Waals surface area contributed by atoms with Crippen molar-refractivity contribution in [1.82, 2.24) is 20.1 Å². The molecule has 0 radical (unpaired) electrons. The van der Waals surface area contributed by atoms with Gasteiger partial charge in [-0.2, -0.15) is 5.26 Å². The number of hydrogen-bond donors (Lipinski definition) is 2. The molecule has 0 bridgehead atoms. The molecule has 1 aromatic heterocycles. The van der Waals surface area contributed by atoms with Crippen molar-refractivity contribution >= 4 is 11.8 Å². The summed E-state index contributed by atoms with van der Waals surface area (Å²) in [5.41, 5.74) is -0.582. The Balaban J connectivity index is 1.80. The Kier molecular flexibility index (Phi) is 4.89. The largest absolute Gasteiger partial charge is 0.343 e. The van der Waals surface area contributed by atoms with Crippen molar-refractivity contribution in [3.05, 3.63) is 10.5 Å². The van der Waals surface area contributed by atoms with Crippen molar-refractivity contribution in [1.29, 1.82) is 5.26 Å². The smallest absolute Gasteiger partial charge is 0.297 e. The number of nitriles is 1. The Labute approximate surface area is 122 Å². The van der Waals surface area contributed by atoms with Crippen molar-refractivity contribution in [2.75, 3.05) is 5.75 Å². The van der Waals surface area contributed by atoms with E-state index in [1.807, 2.05) is 0 Å². The van der Waals surface area contributed by atoms with E-state index in [-0.39, 0.29) is 11.2 Å². The number of H-pyrrole nitrogens is 1. The average Bonchev–Trinajstić information content (AvgIpc) is 3.22. The van der Waals surface area contributed by atoms with Gasteiger partial charge >= 0.3 is 5.69 Å². The summed E-state index contributed by atoms with van der Waals surface area (Å²) in [6, 6.07) is 2.99. The summed E-state index contributed by atoms with van der Waals surface area (Å²) >= 11 is 1.55. The molecular formula is C13H21N5OS. The monoisotopic (exact) mass is 295 g/mol. The third-order valence-electron chi connectivity index (χ3n) is 3.69. The van der Waals surface area contributed by atoms with Crippen LogP contribution in [0, 0.1) is 11.3 Å². The van der Waals surface area contributed by atoms with Crippen molar-refractivity contribution in [2.45, 2.75) is 55.8 Å². The fourth-order valence-corrected chi connectivity index (χ4v) is 2.99. The first-order valence-electron chi connectivity index (χ1n) is 7.03. The Bertz CT molecular complexity index is 542. The van der Waals surface area contributed by atoms with E-state index in [2.05, 4.69) is 28.5 Å². The Morgan fingerprint density at radius 1 is 1.65 bits per heavy atom. The van der Waals surface area contributed by atoms with E-state index in [4.69, 9.17) is 0 Å². The summed E-state index contributed by atoms with van der Waals surface area (Å²) in [5, 5.41) is 20.0. The van der Waals surface area contributed by atoms with Gasteiger partial charge in [-0.15, -0.1) is 5.10 Å². The molecule has 20 heavy (non-hydrogen) atoms. The van der Waals surface area contributed by atoms with Gasteiger partial charge in [0.15, 0.2) is 5.16 Å². The second kappa shape index (κ2) is 6.46. The van der Waals surface area contributed by atoms with Gasteiger partial charge in [-0.25, -0.2) is 9.89 Å². The molecule has 1 fully saturated rings. The Morgan fingerprint density at radius 2 is 2.40 bits per heavy atom. The van der Waals surface area contributed by atoms with E-state index < -0.39 is 0 Å². The number of aromatic amines is 1. The van der Waals surface area contributed by atoms with Gasteiger partial charge < -0.3 is 0 Å². The zero-order valence-corrected chi connectivity index (χ0v) is 12.8. The van der Waals surface area contributed by atoms with Crippen LogP contribution in [0.1, 0.15) is 39.0 Å². The van der Waals surface area contributed by atoms with Crippen LogP contribution in [0.25, 0.3) is 0 Å². The number of thioether (sulfide) groups is 1. The van der Waals surface area contributed by atoms with E-state index in [1.54, 1.807) is 18.8 Å². The second-order valence-electron chi connectivity index (χ2n) is 5.29. The molecule has 1 heterocycles. The quantitative estimate of drug-likeness (QED) is 0.559. The maximum atomic E-state index is 11.2. The molecule has 1 aliphatic carbocycles. The molecule has 0 aromatic carbocycles. The normalized spacial score (nSPS) is 17.6. The molecule has 0 saturated heterocycles. The van der Waals surface area contributed by atoms with Crippen molar-refractivity contribution in [2.24, 2.45) is 7.05 Å². The van der Waals surface area contributed by atoms with Crippen LogP contribution in [0.2, 0.25) is 0 Å². The molecule has 1 saturated carbocycles. The molecule has 0 spiro atoms. The summed E-state index contributed by atoms with van der Waals surface area (Å²) in [4.78, 5) is 11.2. The summed E-state index contributed by atoms with van der Waals surface area (Å²) < 4.78 is 1.50. The first-order chi connectivity index (χ1) is 9.60. The highest BCUT2D eigenvalue weighted by molar-refractivity contribution is 7.99. The summed E-state index contributed by atoms with van der Waals surface area (Å²) in [6.45, 7) is 2.06. The first kappa shape index (κ1) is 15.1. The van der Waals surface area contributed by atoms with Crippen LogP contribution in [0.3, 0.4) is 0 Å². The minimum atomic E-state index is -0.390. The maximum Gasteiger partial charge on any atom is 0.343 e. The van der Waals surface area contributed by atoms with Gasteiger partial charge in [0.25, 0.3) is 0 Å². The van der Waals surface area contributed by atoms with Gasteiger partial charge in [-0.3, -0.25) is 9.88 Å². The highest BCUT2D eigenvalue weighted by Gasteiger charge is 2.34. The van der Waals surface area contributed by atoms with Crippen LogP contribution in [0.15, 0.2) is 9.95 Å². The predicted molar refractivity (Wildman–Crippen MR) is 78.6 cm³/mol. The molecular weight excluding hydrogens is 274 g/mol. The van der Waals surface area contributed by atoms with Crippen LogP contribution in [0.4, 0.5) is 0 Å². The highest BCUT2D eigenvalue weighted by Crippen LogP contribution is 2.27. The lowest BCUT2D eigenvalue weighted by atomic mass is 9.92. The minimum absolute atomic E-state index is 0.192. The van der Waals surface area contributed by atoms with Gasteiger partial charge in [0.2, 0.25) is 0 Å². The number of nitrogens with zero attached hydrogens (tertiary/aromatic N) is 3. The lowest BCUT2D eigenvalue weighted by Crippen LogP contribution is -2.44. The van der Waals surface area contributed by atoms with E-state index in [0.29, 0.717) is 11.2 Å². The van der Waals surface area contributed by atoms with E-state index in [9.17, 15) is 10.1 Å². The van der Waals surface area contributed by atoms with E-state index in [1.165, 1.54) is 17.4 Å². The molecule has 1 atom stereocenters. The van der Waals surface area contributed by atoms with Gasteiger partial charge in [-0.1, -0.05) is 18.7 Å². The summed E-state index contributed by atoms with van der Waals surface area (Å²) in [5.74, 6) is 0.855. The van der Waals surface area contributed by atoms with Crippen molar-refractivity contribution in [3.8, 4) is 6.07 Å². The third-order valence-corrected chi connectivity index (χ3v) is 4.81. The average molecular weight is 295 g/mol. The Morgan fingerprint density at radius 3 is 2.90 bits per heavy atom. The highest BCUT2D eigenvalue weighted by atomic mass is 32.2. The Hall–Kier alpha value is -1.26. The van der Waals surface area contributed by atoms with Gasteiger partial charge in [0.1, 0.15) is 5.54 Å². The zero-order valence-electron chi connectivity index (χ0n) is 12.0. The molecule has 110 valence electrons. The maximum absolute atomic E-state index is 11.2. The molecule has 1 aromatic rings. The number of nitrogens with one attached hydrogen (secondary N) is 2. The van der Waals surface area contributed by atoms with Crippen LogP contribution in [0.5, 0.6) is 0 Å². The molecule has 1 unspecified atom stereocenters.